The van der Waals surface area contributed by atoms with Crippen molar-refractivity contribution in [3.8, 4) is 5.75 Å². The van der Waals surface area contributed by atoms with Gasteiger partial charge in [-0.1, -0.05) is 19.1 Å². The molecule has 5 heteroatoms. The summed E-state index contributed by atoms with van der Waals surface area (Å²) in [5.74, 6) is 1.29. The summed E-state index contributed by atoms with van der Waals surface area (Å²) >= 11 is 1.58. The van der Waals surface area contributed by atoms with Crippen LogP contribution in [0.5, 0.6) is 5.75 Å². The molecule has 0 fully saturated rings. The molecule has 0 aliphatic rings. The molecule has 0 saturated carbocycles. The lowest BCUT2D eigenvalue weighted by molar-refractivity contribution is 0.113. The number of rotatable bonds is 8. The van der Waals surface area contributed by atoms with Gasteiger partial charge >= 0.3 is 0 Å². The summed E-state index contributed by atoms with van der Waals surface area (Å²) in [5, 5.41) is 18.4. The molecule has 108 valence electrons. The summed E-state index contributed by atoms with van der Waals surface area (Å²) in [5.41, 5.74) is 7.27. The maximum absolute atomic E-state index is 9.46. The van der Waals surface area contributed by atoms with Gasteiger partial charge < -0.3 is 20.7 Å². The van der Waals surface area contributed by atoms with Gasteiger partial charge in [-0.2, -0.15) is 0 Å². The first-order valence-electron chi connectivity index (χ1n) is 6.42. The Morgan fingerprint density at radius 3 is 2.42 bits per heavy atom. The predicted octanol–water partition coefficient (Wildman–Crippen LogP) is 1.56. The molecule has 1 aromatic rings. The molecule has 0 spiro atoms. The third kappa shape index (κ3) is 5.03. The predicted molar refractivity (Wildman–Crippen MR) is 79.6 cm³/mol. The second kappa shape index (κ2) is 8.43. The van der Waals surface area contributed by atoms with Crippen LogP contribution in [-0.2, 0) is 0 Å². The third-order valence-corrected chi connectivity index (χ3v) is 4.54. The quantitative estimate of drug-likeness (QED) is 0.676. The summed E-state index contributed by atoms with van der Waals surface area (Å²) in [6.07, 6.45) is 0.161. The first-order valence-corrected chi connectivity index (χ1v) is 7.47. The second-order valence-corrected chi connectivity index (χ2v) is 5.61. The monoisotopic (exact) mass is 285 g/mol. The molecule has 1 aromatic carbocycles. The van der Waals surface area contributed by atoms with Crippen LogP contribution in [0.25, 0.3) is 0 Å². The zero-order valence-electron chi connectivity index (χ0n) is 11.5. The highest BCUT2D eigenvalue weighted by molar-refractivity contribution is 7.99. The molecule has 4 N–H and O–H groups in total. The zero-order chi connectivity index (χ0) is 14.3. The fourth-order valence-corrected chi connectivity index (χ4v) is 3.07. The lowest BCUT2D eigenvalue weighted by Gasteiger charge is -2.24. The molecule has 0 bridgehead atoms. The van der Waals surface area contributed by atoms with Gasteiger partial charge in [0.2, 0.25) is 0 Å². The Hall–Kier alpha value is -0.750. The van der Waals surface area contributed by atoms with Crippen molar-refractivity contribution in [2.75, 3.05) is 19.5 Å². The van der Waals surface area contributed by atoms with Gasteiger partial charge in [-0.3, -0.25) is 0 Å². The van der Waals surface area contributed by atoms with Crippen LogP contribution in [0, 0.1) is 0 Å². The van der Waals surface area contributed by atoms with E-state index in [-0.39, 0.29) is 17.9 Å². The Bertz CT molecular complexity index is 358. The van der Waals surface area contributed by atoms with E-state index in [2.05, 4.69) is 0 Å². The van der Waals surface area contributed by atoms with E-state index in [4.69, 9.17) is 15.6 Å². The fourth-order valence-electron chi connectivity index (χ4n) is 1.74. The second-order valence-electron chi connectivity index (χ2n) is 4.44. The van der Waals surface area contributed by atoms with Gasteiger partial charge in [-0.05, 0) is 24.1 Å². The zero-order valence-corrected chi connectivity index (χ0v) is 12.3. The van der Waals surface area contributed by atoms with Gasteiger partial charge in [0.1, 0.15) is 5.75 Å². The molecule has 0 saturated heterocycles. The van der Waals surface area contributed by atoms with Crippen molar-refractivity contribution in [2.24, 2.45) is 5.73 Å². The highest BCUT2D eigenvalue weighted by Gasteiger charge is 2.20. The summed E-state index contributed by atoms with van der Waals surface area (Å²) in [4.78, 5) is 0. The fraction of sp³-hybridized carbons (Fsp3) is 0.571. The van der Waals surface area contributed by atoms with Gasteiger partial charge in [-0.25, -0.2) is 0 Å². The molecule has 3 unspecified atom stereocenters. The minimum atomic E-state index is -0.699. The van der Waals surface area contributed by atoms with Gasteiger partial charge in [0, 0.05) is 17.0 Å². The number of aliphatic hydroxyl groups excluding tert-OH is 2. The molecule has 0 radical (unpaired) electrons. The minimum absolute atomic E-state index is 0.0179. The van der Waals surface area contributed by atoms with Gasteiger partial charge in [0.15, 0.2) is 0 Å². The van der Waals surface area contributed by atoms with Crippen LogP contribution in [-0.4, -0.2) is 41.8 Å². The van der Waals surface area contributed by atoms with Crippen molar-refractivity contribution in [1.82, 2.24) is 0 Å². The van der Waals surface area contributed by atoms with E-state index in [0.29, 0.717) is 5.75 Å². The molecule has 1 rings (SSSR count). The molecule has 3 atom stereocenters. The lowest BCUT2D eigenvalue weighted by atomic mass is 10.0. The number of hydrogen-bond acceptors (Lipinski definition) is 5. The largest absolute Gasteiger partial charge is 0.497 e. The van der Waals surface area contributed by atoms with Crippen LogP contribution < -0.4 is 10.5 Å². The smallest absolute Gasteiger partial charge is 0.118 e. The number of benzene rings is 1. The Morgan fingerprint density at radius 1 is 1.32 bits per heavy atom. The molecule has 0 aromatic heterocycles. The highest BCUT2D eigenvalue weighted by atomic mass is 32.2. The third-order valence-electron chi connectivity index (χ3n) is 2.98. The highest BCUT2D eigenvalue weighted by Crippen LogP contribution is 2.33. The molecule has 0 aliphatic heterocycles. The van der Waals surface area contributed by atoms with Crippen LogP contribution in [0.1, 0.15) is 24.2 Å². The number of hydrogen-bond donors (Lipinski definition) is 3. The molecular formula is C14H23NO3S. The van der Waals surface area contributed by atoms with Gasteiger partial charge in [-0.15, -0.1) is 11.8 Å². The van der Waals surface area contributed by atoms with E-state index in [1.165, 1.54) is 0 Å². The summed E-state index contributed by atoms with van der Waals surface area (Å²) in [7, 11) is 1.64. The lowest BCUT2D eigenvalue weighted by Crippen LogP contribution is -2.27. The van der Waals surface area contributed by atoms with E-state index in [1.807, 2.05) is 31.2 Å². The Morgan fingerprint density at radius 2 is 1.95 bits per heavy atom. The van der Waals surface area contributed by atoms with E-state index in [1.54, 1.807) is 18.9 Å². The average Bonchev–Trinajstić information content (AvgIpc) is 2.47. The first-order chi connectivity index (χ1) is 9.12. The number of ether oxygens (including phenoxy) is 1. The van der Waals surface area contributed by atoms with Crippen molar-refractivity contribution in [1.29, 1.82) is 0 Å². The SMILES string of the molecule is CCC(N)C(SCC(O)CO)c1ccc(OC)cc1. The molecule has 0 amide bonds. The Labute approximate surface area is 119 Å². The van der Waals surface area contributed by atoms with Crippen molar-refractivity contribution in [3.05, 3.63) is 29.8 Å². The van der Waals surface area contributed by atoms with Crippen LogP contribution in [0.4, 0.5) is 0 Å². The van der Waals surface area contributed by atoms with Crippen molar-refractivity contribution < 1.29 is 14.9 Å². The molecule has 0 aliphatic carbocycles. The first kappa shape index (κ1) is 16.3. The summed E-state index contributed by atoms with van der Waals surface area (Å²) in [6.45, 7) is 1.83. The number of thioether (sulfide) groups is 1. The average molecular weight is 285 g/mol. The van der Waals surface area contributed by atoms with Crippen LogP contribution >= 0.6 is 11.8 Å². The maximum Gasteiger partial charge on any atom is 0.118 e. The van der Waals surface area contributed by atoms with E-state index < -0.39 is 6.10 Å². The molecule has 19 heavy (non-hydrogen) atoms. The van der Waals surface area contributed by atoms with E-state index in [0.717, 1.165) is 17.7 Å². The molecule has 0 heterocycles. The van der Waals surface area contributed by atoms with E-state index >= 15 is 0 Å². The normalized spacial score (nSPS) is 15.8. The molecule has 4 nitrogen and oxygen atoms in total. The van der Waals surface area contributed by atoms with Gasteiger partial charge in [0.25, 0.3) is 0 Å². The van der Waals surface area contributed by atoms with Gasteiger partial charge in [0.05, 0.1) is 19.8 Å². The van der Waals surface area contributed by atoms with Crippen LogP contribution in [0.15, 0.2) is 24.3 Å². The van der Waals surface area contributed by atoms with Crippen molar-refractivity contribution in [2.45, 2.75) is 30.7 Å². The van der Waals surface area contributed by atoms with Crippen LogP contribution in [0.3, 0.4) is 0 Å². The Balaban J connectivity index is 2.77. The summed E-state index contributed by atoms with van der Waals surface area (Å²) in [6, 6.07) is 7.83. The molecular weight excluding hydrogens is 262 g/mol. The Kier molecular flexibility index (Phi) is 7.23. The number of nitrogens with two attached hydrogens (primary N) is 1. The maximum atomic E-state index is 9.46. The number of aliphatic hydroxyl groups is 2. The number of methoxy groups -OCH3 is 1. The van der Waals surface area contributed by atoms with Crippen molar-refractivity contribution in [3.63, 3.8) is 0 Å². The minimum Gasteiger partial charge on any atom is -0.497 e. The van der Waals surface area contributed by atoms with Crippen molar-refractivity contribution >= 4 is 11.8 Å². The van der Waals surface area contributed by atoms with Crippen LogP contribution in [0.2, 0.25) is 0 Å². The topological polar surface area (TPSA) is 75.7 Å². The summed E-state index contributed by atoms with van der Waals surface area (Å²) < 4.78 is 5.14. The van der Waals surface area contributed by atoms with E-state index in [9.17, 15) is 5.11 Å². The standard InChI is InChI=1S/C14H23NO3S/c1-3-13(15)14(19-9-11(17)8-16)10-4-6-12(18-2)7-5-10/h4-7,11,13-14,16-17H,3,8-9,15H2,1-2H3.